The van der Waals surface area contributed by atoms with Crippen LogP contribution in [-0.2, 0) is 23.5 Å². The van der Waals surface area contributed by atoms with E-state index in [0.29, 0.717) is 11.1 Å². The number of carbonyl (C=O) groups excluding carboxylic acids is 1. The Hall–Kier alpha value is -2.66. The first-order chi connectivity index (χ1) is 15.6. The number of hydrogen-bond acceptors (Lipinski definition) is 5. The van der Waals surface area contributed by atoms with Crippen LogP contribution in [0.25, 0.3) is 0 Å². The molecule has 0 bridgehead atoms. The number of halogens is 7. The summed E-state index contributed by atoms with van der Waals surface area (Å²) in [6, 6.07) is 3.13. The van der Waals surface area contributed by atoms with Crippen LogP contribution >= 0.6 is 23.2 Å². The van der Waals surface area contributed by atoms with E-state index in [1.165, 1.54) is 12.3 Å². The van der Waals surface area contributed by atoms with Gasteiger partial charge >= 0.3 is 6.18 Å². The van der Waals surface area contributed by atoms with Crippen LogP contribution in [0.15, 0.2) is 29.6 Å². The van der Waals surface area contributed by atoms with Crippen LogP contribution in [0.5, 0.6) is 0 Å². The van der Waals surface area contributed by atoms with E-state index in [9.17, 15) is 26.7 Å². The lowest BCUT2D eigenvalue weighted by Crippen LogP contribution is -2.44. The molecule has 4 rings (SSSR count). The van der Waals surface area contributed by atoms with E-state index in [4.69, 9.17) is 28.0 Å². The highest BCUT2D eigenvalue weighted by Gasteiger charge is 2.63. The number of aromatic nitrogens is 1. The van der Waals surface area contributed by atoms with Crippen LogP contribution in [0.2, 0.25) is 10.0 Å². The van der Waals surface area contributed by atoms with Crippen molar-refractivity contribution in [3.63, 3.8) is 0 Å². The molecule has 176 valence electrons. The molecule has 1 unspecified atom stereocenters. The molecule has 33 heavy (non-hydrogen) atoms. The summed E-state index contributed by atoms with van der Waals surface area (Å²) in [5, 5.41) is 4.89. The molecule has 1 amide bonds. The Bertz CT molecular complexity index is 1120. The first kappa shape index (κ1) is 23.5. The molecule has 0 spiro atoms. The van der Waals surface area contributed by atoms with Crippen molar-refractivity contribution >= 4 is 34.9 Å². The summed E-state index contributed by atoms with van der Waals surface area (Å²) in [6.45, 7) is -0.539. The van der Waals surface area contributed by atoms with Gasteiger partial charge in [0, 0.05) is 31.4 Å². The summed E-state index contributed by atoms with van der Waals surface area (Å²) in [6.07, 6.45) is -4.18. The molecule has 0 saturated carbocycles. The lowest BCUT2D eigenvalue weighted by molar-refractivity contribution is -0.275. The molecule has 2 aliphatic heterocycles. The van der Waals surface area contributed by atoms with Crippen molar-refractivity contribution in [3.8, 4) is 0 Å². The number of nitrogens with one attached hydrogen (secondary N) is 1. The van der Waals surface area contributed by atoms with E-state index < -0.39 is 52.2 Å². The van der Waals surface area contributed by atoms with E-state index in [0.717, 1.165) is 12.1 Å². The Kier molecular flexibility index (Phi) is 6.12. The fourth-order valence-electron chi connectivity index (χ4n) is 3.69. The second kappa shape index (κ2) is 8.60. The molecule has 1 N–H and O–H groups in total. The van der Waals surface area contributed by atoms with Crippen LogP contribution in [0, 0.1) is 5.82 Å². The molecule has 1 atom stereocenters. The molecular formula is C20H15Cl2F5N4O2. The van der Waals surface area contributed by atoms with Gasteiger partial charge in [-0.1, -0.05) is 28.4 Å². The number of alkyl halides is 4. The van der Waals surface area contributed by atoms with Gasteiger partial charge in [0.05, 0.1) is 16.5 Å². The monoisotopic (exact) mass is 508 g/mol. The highest BCUT2D eigenvalue weighted by molar-refractivity contribution is 6.35. The average molecular weight is 509 g/mol. The van der Waals surface area contributed by atoms with Gasteiger partial charge < -0.3 is 15.1 Å². The quantitative estimate of drug-likeness (QED) is 0.478. The lowest BCUT2D eigenvalue weighted by atomic mass is 9.89. The number of hydrogen-bond donors (Lipinski definition) is 1. The molecule has 3 heterocycles. The van der Waals surface area contributed by atoms with Gasteiger partial charge in [-0.15, -0.1) is 0 Å². The third-order valence-corrected chi connectivity index (χ3v) is 5.96. The predicted molar refractivity (Wildman–Crippen MR) is 109 cm³/mol. The molecule has 2 aromatic rings. The maximum Gasteiger partial charge on any atom is 0.435 e. The van der Waals surface area contributed by atoms with Crippen molar-refractivity contribution in [2.75, 3.05) is 13.2 Å². The number of pyridine rings is 1. The number of oxime groups is 1. The van der Waals surface area contributed by atoms with E-state index in [2.05, 4.69) is 15.5 Å². The van der Waals surface area contributed by atoms with E-state index in [1.807, 2.05) is 0 Å². The molecular weight excluding hydrogens is 494 g/mol. The van der Waals surface area contributed by atoms with Gasteiger partial charge in [-0.2, -0.15) is 13.2 Å². The SMILES string of the molecule is O=C(NCCF)c1cc2c(cn1)CN(C1=NOC(c3cc(Cl)c(F)c(Cl)c3)(C(F)(F)F)C1)C2. The van der Waals surface area contributed by atoms with E-state index in [-0.39, 0.29) is 31.2 Å². The Morgan fingerprint density at radius 3 is 2.48 bits per heavy atom. The van der Waals surface area contributed by atoms with Gasteiger partial charge in [-0.05, 0) is 29.3 Å². The minimum Gasteiger partial charge on any atom is -0.372 e. The maximum absolute atomic E-state index is 14.2. The van der Waals surface area contributed by atoms with Gasteiger partial charge in [0.1, 0.15) is 18.2 Å². The zero-order valence-corrected chi connectivity index (χ0v) is 18.2. The normalized spacial score (nSPS) is 19.8. The number of amides is 1. The number of carbonyl (C=O) groups is 1. The minimum absolute atomic E-state index is 0.00326. The van der Waals surface area contributed by atoms with Gasteiger partial charge in [0.2, 0.25) is 0 Å². The second-order valence-corrected chi connectivity index (χ2v) is 8.31. The third kappa shape index (κ3) is 4.19. The smallest absolute Gasteiger partial charge is 0.372 e. The third-order valence-electron chi connectivity index (χ3n) is 5.40. The van der Waals surface area contributed by atoms with E-state index in [1.54, 1.807) is 4.90 Å². The number of fused-ring (bicyclic) bond motifs is 1. The molecule has 0 aliphatic carbocycles. The summed E-state index contributed by atoms with van der Waals surface area (Å²) in [5.41, 5.74) is -1.95. The van der Waals surface area contributed by atoms with Crippen molar-refractivity contribution in [2.24, 2.45) is 5.16 Å². The highest BCUT2D eigenvalue weighted by Crippen LogP contribution is 2.50. The Labute approximate surface area is 194 Å². The van der Waals surface area contributed by atoms with Crippen LogP contribution in [-0.4, -0.2) is 41.0 Å². The summed E-state index contributed by atoms with van der Waals surface area (Å²) in [5.74, 6) is -1.59. The summed E-state index contributed by atoms with van der Waals surface area (Å²) in [7, 11) is 0. The van der Waals surface area contributed by atoms with Gasteiger partial charge in [-0.3, -0.25) is 9.78 Å². The summed E-state index contributed by atoms with van der Waals surface area (Å²) >= 11 is 11.4. The number of amidine groups is 1. The average Bonchev–Trinajstić information content (AvgIpc) is 3.39. The Morgan fingerprint density at radius 1 is 1.18 bits per heavy atom. The zero-order valence-electron chi connectivity index (χ0n) is 16.6. The van der Waals surface area contributed by atoms with Crippen molar-refractivity contribution in [3.05, 3.63) is 62.6 Å². The van der Waals surface area contributed by atoms with Crippen molar-refractivity contribution in [1.29, 1.82) is 0 Å². The highest BCUT2D eigenvalue weighted by atomic mass is 35.5. The molecule has 6 nitrogen and oxygen atoms in total. The van der Waals surface area contributed by atoms with Gasteiger partial charge in [0.25, 0.3) is 11.5 Å². The summed E-state index contributed by atoms with van der Waals surface area (Å²) in [4.78, 5) is 22.5. The van der Waals surface area contributed by atoms with Crippen LogP contribution in [0.4, 0.5) is 22.0 Å². The van der Waals surface area contributed by atoms with Crippen molar-refractivity contribution in [1.82, 2.24) is 15.2 Å². The molecule has 0 radical (unpaired) electrons. The maximum atomic E-state index is 14.2. The minimum atomic E-state index is -4.92. The Balaban J connectivity index is 1.57. The number of benzene rings is 1. The van der Waals surface area contributed by atoms with Crippen molar-refractivity contribution < 1.29 is 31.6 Å². The number of rotatable bonds is 4. The van der Waals surface area contributed by atoms with Gasteiger partial charge in [-0.25, -0.2) is 8.78 Å². The summed E-state index contributed by atoms with van der Waals surface area (Å²) < 4.78 is 68.5. The molecule has 13 heteroatoms. The van der Waals surface area contributed by atoms with Crippen LogP contribution in [0.3, 0.4) is 0 Å². The first-order valence-corrected chi connectivity index (χ1v) is 10.3. The van der Waals surface area contributed by atoms with E-state index >= 15 is 0 Å². The standard InChI is InChI=1S/C20H15Cl2F5N4O2/c21-13-4-12(5-14(22)17(13)24)19(20(25,26)27)6-16(30-33-19)31-8-10-3-15(18(32)28-2-1-23)29-7-11(10)9-31/h3-5,7H,1-2,6,8-9H2,(H,28,32). The van der Waals surface area contributed by atoms with Crippen molar-refractivity contribution in [2.45, 2.75) is 31.3 Å². The fourth-order valence-corrected chi connectivity index (χ4v) is 4.17. The molecule has 2 aliphatic rings. The van der Waals surface area contributed by atoms with Crippen LogP contribution < -0.4 is 5.32 Å². The fraction of sp³-hybridized carbons (Fsp3) is 0.350. The zero-order chi connectivity index (χ0) is 24.0. The number of nitrogens with zero attached hydrogens (tertiary/aromatic N) is 3. The predicted octanol–water partition coefficient (Wildman–Crippen LogP) is 4.73. The first-order valence-electron chi connectivity index (χ1n) is 9.59. The van der Waals surface area contributed by atoms with Gasteiger partial charge in [0.15, 0.2) is 5.82 Å². The van der Waals surface area contributed by atoms with Crippen LogP contribution in [0.1, 0.15) is 33.6 Å². The molecule has 0 saturated heterocycles. The molecule has 1 aromatic heterocycles. The lowest BCUT2D eigenvalue weighted by Gasteiger charge is -2.30. The molecule has 0 fully saturated rings. The topological polar surface area (TPSA) is 66.8 Å². The largest absolute Gasteiger partial charge is 0.435 e. The molecule has 1 aromatic carbocycles. The Morgan fingerprint density at radius 2 is 1.85 bits per heavy atom. The second-order valence-electron chi connectivity index (χ2n) is 7.49.